The lowest BCUT2D eigenvalue weighted by Gasteiger charge is -2.34. The van der Waals surface area contributed by atoms with Crippen molar-refractivity contribution in [3.05, 3.63) is 33.9 Å². The molecule has 0 spiro atoms. The van der Waals surface area contributed by atoms with Gasteiger partial charge in [0.25, 0.3) is 11.6 Å². The van der Waals surface area contributed by atoms with Crippen molar-refractivity contribution in [3.8, 4) is 0 Å². The Morgan fingerprint density at radius 1 is 1.31 bits per heavy atom. The SMILES string of the molecule is CCCN(C(=O)c1ccc(NC2CC2)c([N+](=O)[O-])c1)C1CCNCC1.Cl. The zero-order valence-corrected chi connectivity index (χ0v) is 15.9. The molecule has 1 saturated heterocycles. The highest BCUT2D eigenvalue weighted by Gasteiger charge is 2.29. The van der Waals surface area contributed by atoms with Gasteiger partial charge in [-0.25, -0.2) is 0 Å². The molecule has 144 valence electrons. The first-order chi connectivity index (χ1) is 12.1. The fourth-order valence-corrected chi connectivity index (χ4v) is 3.36. The van der Waals surface area contributed by atoms with Crippen LogP contribution in [-0.2, 0) is 0 Å². The summed E-state index contributed by atoms with van der Waals surface area (Å²) in [6.07, 6.45) is 4.80. The van der Waals surface area contributed by atoms with Gasteiger partial charge in [-0.1, -0.05) is 6.92 Å². The Balaban J connectivity index is 0.00000243. The second-order valence-corrected chi connectivity index (χ2v) is 6.89. The molecule has 26 heavy (non-hydrogen) atoms. The smallest absolute Gasteiger partial charge is 0.293 e. The quantitative estimate of drug-likeness (QED) is 0.558. The van der Waals surface area contributed by atoms with Gasteiger partial charge in [-0.3, -0.25) is 14.9 Å². The van der Waals surface area contributed by atoms with E-state index in [1.54, 1.807) is 12.1 Å². The minimum Gasteiger partial charge on any atom is -0.377 e. The molecule has 0 aromatic heterocycles. The highest BCUT2D eigenvalue weighted by Crippen LogP contribution is 2.32. The van der Waals surface area contributed by atoms with Crippen LogP contribution in [0.5, 0.6) is 0 Å². The fraction of sp³-hybridized carbons (Fsp3) is 0.611. The van der Waals surface area contributed by atoms with Crippen LogP contribution in [0.25, 0.3) is 0 Å². The van der Waals surface area contributed by atoms with Crippen LogP contribution in [0.2, 0.25) is 0 Å². The number of piperidine rings is 1. The Kier molecular flexibility index (Phi) is 7.23. The first-order valence-electron chi connectivity index (χ1n) is 9.16. The summed E-state index contributed by atoms with van der Waals surface area (Å²) in [4.78, 5) is 25.9. The van der Waals surface area contributed by atoms with Gasteiger partial charge in [-0.2, -0.15) is 0 Å². The minimum atomic E-state index is -0.407. The van der Waals surface area contributed by atoms with Gasteiger partial charge in [0, 0.05) is 30.3 Å². The first-order valence-corrected chi connectivity index (χ1v) is 9.16. The number of carbonyl (C=O) groups is 1. The van der Waals surface area contributed by atoms with Crippen molar-refractivity contribution in [2.24, 2.45) is 0 Å². The molecule has 1 saturated carbocycles. The number of nitro groups is 1. The molecule has 1 aromatic rings. The number of anilines is 1. The summed E-state index contributed by atoms with van der Waals surface area (Å²) in [5.41, 5.74) is 0.896. The molecule has 1 aliphatic heterocycles. The molecule has 3 rings (SSSR count). The summed E-state index contributed by atoms with van der Waals surface area (Å²) >= 11 is 0. The summed E-state index contributed by atoms with van der Waals surface area (Å²) in [7, 11) is 0. The number of amides is 1. The molecule has 2 fully saturated rings. The fourth-order valence-electron chi connectivity index (χ4n) is 3.36. The average molecular weight is 383 g/mol. The lowest BCUT2D eigenvalue weighted by Crippen LogP contribution is -2.46. The van der Waals surface area contributed by atoms with Gasteiger partial charge in [0.05, 0.1) is 4.92 Å². The highest BCUT2D eigenvalue weighted by molar-refractivity contribution is 5.96. The topological polar surface area (TPSA) is 87.5 Å². The van der Waals surface area contributed by atoms with Gasteiger partial charge in [0.2, 0.25) is 0 Å². The second-order valence-electron chi connectivity index (χ2n) is 6.89. The summed E-state index contributed by atoms with van der Waals surface area (Å²) in [5, 5.41) is 17.9. The van der Waals surface area contributed by atoms with Gasteiger partial charge in [-0.05, 0) is 57.3 Å². The highest BCUT2D eigenvalue weighted by atomic mass is 35.5. The van der Waals surface area contributed by atoms with Crippen molar-refractivity contribution in [2.75, 3.05) is 25.0 Å². The zero-order valence-electron chi connectivity index (χ0n) is 15.1. The predicted molar refractivity (Wildman–Crippen MR) is 104 cm³/mol. The lowest BCUT2D eigenvalue weighted by atomic mass is 10.0. The van der Waals surface area contributed by atoms with Crippen LogP contribution in [0.3, 0.4) is 0 Å². The van der Waals surface area contributed by atoms with Crippen molar-refractivity contribution in [1.29, 1.82) is 0 Å². The van der Waals surface area contributed by atoms with Gasteiger partial charge in [-0.15, -0.1) is 12.4 Å². The number of nitrogens with one attached hydrogen (secondary N) is 2. The number of nitrogens with zero attached hydrogens (tertiary/aromatic N) is 2. The summed E-state index contributed by atoms with van der Waals surface area (Å²) in [6, 6.07) is 5.35. The Morgan fingerprint density at radius 3 is 2.58 bits per heavy atom. The number of hydrogen-bond acceptors (Lipinski definition) is 5. The third-order valence-electron chi connectivity index (χ3n) is 4.85. The summed E-state index contributed by atoms with van der Waals surface area (Å²) in [5.74, 6) is -0.102. The Bertz CT molecular complexity index is 645. The van der Waals surface area contributed by atoms with Crippen LogP contribution in [0.1, 0.15) is 49.4 Å². The van der Waals surface area contributed by atoms with E-state index >= 15 is 0 Å². The number of benzene rings is 1. The second kappa shape index (κ2) is 9.19. The van der Waals surface area contributed by atoms with Gasteiger partial charge in [0.1, 0.15) is 5.69 Å². The molecule has 7 nitrogen and oxygen atoms in total. The van der Waals surface area contributed by atoms with E-state index in [1.807, 2.05) is 11.8 Å². The van der Waals surface area contributed by atoms with Crippen LogP contribution in [0.15, 0.2) is 18.2 Å². The van der Waals surface area contributed by atoms with Crippen molar-refractivity contribution >= 4 is 29.7 Å². The molecule has 1 heterocycles. The third kappa shape index (κ3) is 4.86. The largest absolute Gasteiger partial charge is 0.377 e. The Labute approximate surface area is 160 Å². The molecule has 1 amide bonds. The van der Waals surface area contributed by atoms with E-state index in [0.717, 1.165) is 45.2 Å². The van der Waals surface area contributed by atoms with Crippen LogP contribution in [-0.4, -0.2) is 47.4 Å². The average Bonchev–Trinajstić information content (AvgIpc) is 3.44. The first kappa shape index (κ1) is 20.5. The maximum Gasteiger partial charge on any atom is 0.293 e. The molecule has 1 aliphatic carbocycles. The number of hydrogen-bond donors (Lipinski definition) is 2. The third-order valence-corrected chi connectivity index (χ3v) is 4.85. The van der Waals surface area contributed by atoms with Crippen molar-refractivity contribution in [2.45, 2.75) is 51.1 Å². The Morgan fingerprint density at radius 2 is 2.00 bits per heavy atom. The van der Waals surface area contributed by atoms with E-state index in [9.17, 15) is 14.9 Å². The van der Waals surface area contributed by atoms with Gasteiger partial charge < -0.3 is 15.5 Å². The maximum absolute atomic E-state index is 13.0. The Hall–Kier alpha value is -1.86. The summed E-state index contributed by atoms with van der Waals surface area (Å²) in [6.45, 7) is 4.54. The number of nitro benzene ring substituents is 1. The standard InChI is InChI=1S/C18H26N4O3.ClH/c1-2-11-21(15-7-9-19-10-8-15)18(23)13-3-6-16(20-14-4-5-14)17(12-13)22(24)25;/h3,6,12,14-15,19-20H,2,4-5,7-11H2,1H3;1H. The number of carbonyl (C=O) groups excluding carboxylic acids is 1. The van der Waals surface area contributed by atoms with Gasteiger partial charge >= 0.3 is 0 Å². The minimum absolute atomic E-state index is 0. The zero-order chi connectivity index (χ0) is 17.8. The maximum atomic E-state index is 13.0. The molecule has 0 atom stereocenters. The molecule has 0 bridgehead atoms. The predicted octanol–water partition coefficient (Wildman–Crippen LogP) is 3.20. The molecule has 2 aliphatic rings. The van der Waals surface area contributed by atoms with Crippen LogP contribution >= 0.6 is 12.4 Å². The molecule has 0 radical (unpaired) electrons. The van der Waals surface area contributed by atoms with Crippen LogP contribution in [0, 0.1) is 10.1 Å². The van der Waals surface area contributed by atoms with Crippen molar-refractivity contribution in [3.63, 3.8) is 0 Å². The van der Waals surface area contributed by atoms with Crippen molar-refractivity contribution < 1.29 is 9.72 Å². The molecule has 0 unspecified atom stereocenters. The van der Waals surface area contributed by atoms with E-state index < -0.39 is 4.92 Å². The lowest BCUT2D eigenvalue weighted by molar-refractivity contribution is -0.384. The van der Waals surface area contributed by atoms with E-state index in [2.05, 4.69) is 10.6 Å². The van der Waals surface area contributed by atoms with E-state index in [0.29, 0.717) is 23.8 Å². The molecule has 1 aromatic carbocycles. The number of halogens is 1. The normalized spacial score (nSPS) is 17.3. The van der Waals surface area contributed by atoms with E-state index in [1.165, 1.54) is 6.07 Å². The number of rotatable bonds is 7. The van der Waals surface area contributed by atoms with Crippen LogP contribution in [0.4, 0.5) is 11.4 Å². The van der Waals surface area contributed by atoms with E-state index in [-0.39, 0.29) is 30.0 Å². The summed E-state index contributed by atoms with van der Waals surface area (Å²) < 4.78 is 0. The molecular formula is C18H27ClN4O3. The van der Waals surface area contributed by atoms with Crippen molar-refractivity contribution in [1.82, 2.24) is 10.2 Å². The van der Waals surface area contributed by atoms with E-state index in [4.69, 9.17) is 0 Å². The monoisotopic (exact) mass is 382 g/mol. The molecular weight excluding hydrogens is 356 g/mol. The van der Waals surface area contributed by atoms with Gasteiger partial charge in [0.15, 0.2) is 0 Å². The molecule has 2 N–H and O–H groups in total. The van der Waals surface area contributed by atoms with Crippen LogP contribution < -0.4 is 10.6 Å². The molecule has 8 heteroatoms.